The molecule has 2 amide bonds. The van der Waals surface area contributed by atoms with E-state index in [-0.39, 0.29) is 18.1 Å². The number of carbonyl (C=O) groups excluding carboxylic acids is 2. The van der Waals surface area contributed by atoms with Crippen LogP contribution >= 0.6 is 15.9 Å². The first-order valence-corrected chi connectivity index (χ1v) is 11.9. The Balaban J connectivity index is 2.42. The van der Waals surface area contributed by atoms with Crippen molar-refractivity contribution < 1.29 is 22.4 Å². The average Bonchev–Trinajstić information content (AvgIpc) is 2.76. The molecule has 2 aromatic rings. The molecule has 0 aliphatic carbocycles. The fourth-order valence-electron chi connectivity index (χ4n) is 2.90. The molecular formula is C21H26BrFN4O4S. The van der Waals surface area contributed by atoms with Gasteiger partial charge in [-0.05, 0) is 48.9 Å². The third kappa shape index (κ3) is 6.27. The van der Waals surface area contributed by atoms with Crippen molar-refractivity contribution >= 4 is 43.6 Å². The van der Waals surface area contributed by atoms with Gasteiger partial charge in [0.1, 0.15) is 18.4 Å². The molecule has 11 heteroatoms. The average molecular weight is 529 g/mol. The molecule has 2 aromatic carbocycles. The third-order valence-electron chi connectivity index (χ3n) is 4.81. The van der Waals surface area contributed by atoms with Crippen LogP contribution in [0.15, 0.2) is 53.0 Å². The molecule has 0 fully saturated rings. The highest BCUT2D eigenvalue weighted by molar-refractivity contribution is 9.10. The summed E-state index contributed by atoms with van der Waals surface area (Å²) >= 11 is 3.35. The highest BCUT2D eigenvalue weighted by Gasteiger charge is 2.32. The van der Waals surface area contributed by atoms with Gasteiger partial charge < -0.3 is 10.2 Å². The first kappa shape index (κ1) is 25.8. The summed E-state index contributed by atoms with van der Waals surface area (Å²) in [5, 5.41) is 2.51. The Labute approximate surface area is 196 Å². The van der Waals surface area contributed by atoms with Gasteiger partial charge in [-0.15, -0.1) is 0 Å². The van der Waals surface area contributed by atoms with Gasteiger partial charge in [-0.3, -0.25) is 9.59 Å². The minimum absolute atomic E-state index is 0.0972. The number of nitrogens with zero attached hydrogens (tertiary/aromatic N) is 3. The molecule has 8 nitrogen and oxygen atoms in total. The summed E-state index contributed by atoms with van der Waals surface area (Å²) in [7, 11) is 0.0600. The van der Waals surface area contributed by atoms with Gasteiger partial charge in [0.2, 0.25) is 11.8 Å². The van der Waals surface area contributed by atoms with Gasteiger partial charge in [-0.1, -0.05) is 28.1 Å². The van der Waals surface area contributed by atoms with Crippen LogP contribution in [0, 0.1) is 5.82 Å². The van der Waals surface area contributed by atoms with Crippen LogP contribution in [-0.2, 0) is 26.3 Å². The number of hydrogen-bond acceptors (Lipinski definition) is 4. The summed E-state index contributed by atoms with van der Waals surface area (Å²) in [6.45, 7) is 1.10. The summed E-state index contributed by atoms with van der Waals surface area (Å²) in [5.74, 6) is -1.51. The molecule has 0 saturated carbocycles. The summed E-state index contributed by atoms with van der Waals surface area (Å²) in [4.78, 5) is 26.9. The van der Waals surface area contributed by atoms with E-state index in [0.29, 0.717) is 0 Å². The van der Waals surface area contributed by atoms with Crippen molar-refractivity contribution in [1.29, 1.82) is 0 Å². The van der Waals surface area contributed by atoms with Crippen LogP contribution in [0.5, 0.6) is 0 Å². The minimum Gasteiger partial charge on any atom is -0.357 e. The van der Waals surface area contributed by atoms with Crippen LogP contribution in [0.3, 0.4) is 0 Å². The molecule has 0 spiro atoms. The maximum absolute atomic E-state index is 13.4. The van der Waals surface area contributed by atoms with E-state index in [4.69, 9.17) is 0 Å². The van der Waals surface area contributed by atoms with E-state index >= 15 is 0 Å². The van der Waals surface area contributed by atoms with Gasteiger partial charge >= 0.3 is 10.2 Å². The fraction of sp³-hybridized carbons (Fsp3) is 0.333. The molecule has 174 valence electrons. The lowest BCUT2D eigenvalue weighted by atomic mass is 10.1. The predicted octanol–water partition coefficient (Wildman–Crippen LogP) is 2.36. The first-order valence-electron chi connectivity index (χ1n) is 9.68. The normalized spacial score (nSPS) is 12.3. The molecule has 0 heterocycles. The van der Waals surface area contributed by atoms with Crippen LogP contribution in [0.25, 0.3) is 0 Å². The van der Waals surface area contributed by atoms with E-state index in [2.05, 4.69) is 21.2 Å². The lowest BCUT2D eigenvalue weighted by Gasteiger charge is -2.32. The van der Waals surface area contributed by atoms with E-state index in [1.807, 2.05) is 12.1 Å². The van der Waals surface area contributed by atoms with E-state index in [9.17, 15) is 22.4 Å². The molecule has 0 radical (unpaired) electrons. The number of hydrogen-bond donors (Lipinski definition) is 1. The molecule has 32 heavy (non-hydrogen) atoms. The monoisotopic (exact) mass is 528 g/mol. The van der Waals surface area contributed by atoms with Gasteiger partial charge in [0.15, 0.2) is 0 Å². The number of benzene rings is 2. The smallest absolute Gasteiger partial charge is 0.304 e. The Hall–Kier alpha value is -2.50. The predicted molar refractivity (Wildman–Crippen MR) is 125 cm³/mol. The number of amides is 2. The lowest BCUT2D eigenvalue weighted by Crippen LogP contribution is -2.52. The molecule has 0 aliphatic heterocycles. The lowest BCUT2D eigenvalue weighted by molar-refractivity contribution is -0.139. The second-order valence-electron chi connectivity index (χ2n) is 7.21. The van der Waals surface area contributed by atoms with Crippen molar-refractivity contribution in [3.63, 3.8) is 0 Å². The molecule has 0 saturated heterocycles. The fourth-order valence-corrected chi connectivity index (χ4v) is 4.22. The van der Waals surface area contributed by atoms with Gasteiger partial charge in [-0.2, -0.15) is 12.7 Å². The standard InChI is InChI=1S/C21H26BrFN4O4S/c1-15(21(29)24-2)26(13-16-5-7-17(22)8-6-16)20(28)14-27(32(30,31)25(3)4)19-11-9-18(23)10-12-19/h5-12,15H,13-14H2,1-4H3,(H,24,29)/t15-/m1/s1. The Morgan fingerprint density at radius 1 is 1.06 bits per heavy atom. The third-order valence-corrected chi connectivity index (χ3v) is 7.16. The number of rotatable bonds is 9. The molecule has 0 aromatic heterocycles. The van der Waals surface area contributed by atoms with E-state index in [0.717, 1.165) is 30.8 Å². The molecule has 0 aliphatic rings. The van der Waals surface area contributed by atoms with Gasteiger partial charge in [-0.25, -0.2) is 8.70 Å². The summed E-state index contributed by atoms with van der Waals surface area (Å²) in [5.41, 5.74) is 0.894. The van der Waals surface area contributed by atoms with Gasteiger partial charge in [0, 0.05) is 32.2 Å². The van der Waals surface area contributed by atoms with Crippen LogP contribution in [0.4, 0.5) is 10.1 Å². The largest absolute Gasteiger partial charge is 0.357 e. The molecular weight excluding hydrogens is 503 g/mol. The van der Waals surface area contributed by atoms with Crippen molar-refractivity contribution in [2.24, 2.45) is 0 Å². The summed E-state index contributed by atoms with van der Waals surface area (Å²) in [6.07, 6.45) is 0. The number of likely N-dealkylation sites (N-methyl/N-ethyl adjacent to an activating group) is 1. The van der Waals surface area contributed by atoms with Crippen LogP contribution < -0.4 is 9.62 Å². The van der Waals surface area contributed by atoms with Gasteiger partial charge in [0.25, 0.3) is 0 Å². The van der Waals surface area contributed by atoms with Crippen molar-refractivity contribution in [1.82, 2.24) is 14.5 Å². The zero-order chi connectivity index (χ0) is 24.1. The molecule has 0 unspecified atom stereocenters. The number of nitrogens with one attached hydrogen (secondary N) is 1. The Bertz CT molecular complexity index is 1050. The van der Waals surface area contributed by atoms with E-state index in [1.54, 1.807) is 19.1 Å². The highest BCUT2D eigenvalue weighted by Crippen LogP contribution is 2.21. The van der Waals surface area contributed by atoms with Crippen LogP contribution in [-0.4, -0.2) is 63.2 Å². The molecule has 1 N–H and O–H groups in total. The van der Waals surface area contributed by atoms with Gasteiger partial charge in [0.05, 0.1) is 5.69 Å². The summed E-state index contributed by atoms with van der Waals surface area (Å²) in [6, 6.07) is 11.2. The zero-order valence-electron chi connectivity index (χ0n) is 18.2. The Kier molecular flexibility index (Phi) is 8.76. The summed E-state index contributed by atoms with van der Waals surface area (Å²) < 4.78 is 42.0. The molecule has 2 rings (SSSR count). The van der Waals surface area contributed by atoms with Crippen LogP contribution in [0.1, 0.15) is 12.5 Å². The Morgan fingerprint density at radius 2 is 1.62 bits per heavy atom. The topological polar surface area (TPSA) is 90.0 Å². The molecule has 0 bridgehead atoms. The van der Waals surface area contributed by atoms with Crippen LogP contribution in [0.2, 0.25) is 0 Å². The number of halogens is 2. The van der Waals surface area contributed by atoms with Crippen molar-refractivity contribution in [3.8, 4) is 0 Å². The highest BCUT2D eigenvalue weighted by atomic mass is 79.9. The first-order chi connectivity index (χ1) is 15.0. The second kappa shape index (κ2) is 10.9. The van der Waals surface area contributed by atoms with Crippen molar-refractivity contribution in [2.75, 3.05) is 32.0 Å². The van der Waals surface area contributed by atoms with Crippen molar-refractivity contribution in [3.05, 3.63) is 64.4 Å². The zero-order valence-corrected chi connectivity index (χ0v) is 20.7. The maximum Gasteiger partial charge on any atom is 0.304 e. The molecule has 1 atom stereocenters. The number of carbonyl (C=O) groups is 2. The second-order valence-corrected chi connectivity index (χ2v) is 10.2. The minimum atomic E-state index is -4.07. The van der Waals surface area contributed by atoms with E-state index in [1.165, 1.54) is 38.2 Å². The quantitative estimate of drug-likeness (QED) is 0.540. The van der Waals surface area contributed by atoms with Crippen molar-refractivity contribution in [2.45, 2.75) is 19.5 Å². The number of anilines is 1. The van der Waals surface area contributed by atoms with E-state index < -0.39 is 34.5 Å². The Morgan fingerprint density at radius 3 is 2.12 bits per heavy atom. The SMILES string of the molecule is CNC(=O)[C@@H](C)N(Cc1ccc(Br)cc1)C(=O)CN(c1ccc(F)cc1)S(=O)(=O)N(C)C. The maximum atomic E-state index is 13.4.